The van der Waals surface area contributed by atoms with Crippen LogP contribution in [0, 0.1) is 0 Å². The molecule has 1 N–H and O–H groups in total. The average Bonchev–Trinajstić information content (AvgIpc) is 3.23. The molecule has 2 aromatic carbocycles. The number of carbonyl (C=O) groups excluding carboxylic acids is 2. The maximum Gasteiger partial charge on any atom is 0.255 e. The van der Waals surface area contributed by atoms with Gasteiger partial charge in [0, 0.05) is 29.9 Å². The molecule has 4 rings (SSSR count). The Hall–Kier alpha value is -2.62. The van der Waals surface area contributed by atoms with Gasteiger partial charge in [-0.25, -0.2) is 0 Å². The highest BCUT2D eigenvalue weighted by molar-refractivity contribution is 6.06. The molecule has 1 heterocycles. The van der Waals surface area contributed by atoms with Crippen LogP contribution in [0.4, 0.5) is 11.4 Å². The highest BCUT2D eigenvalue weighted by Crippen LogP contribution is 2.27. The number of aryl methyl sites for hydroxylation is 1. The van der Waals surface area contributed by atoms with Crippen molar-refractivity contribution in [1.29, 1.82) is 0 Å². The van der Waals surface area contributed by atoms with Crippen LogP contribution in [0.5, 0.6) is 0 Å². The summed E-state index contributed by atoms with van der Waals surface area (Å²) in [7, 11) is 0. The fraction of sp³-hybridized carbons (Fsp3) is 0.300. The van der Waals surface area contributed by atoms with Gasteiger partial charge in [0.15, 0.2) is 0 Å². The number of carbonyl (C=O) groups is 2. The first-order valence-corrected chi connectivity index (χ1v) is 8.55. The third-order valence-corrected chi connectivity index (χ3v) is 4.88. The molecule has 0 saturated carbocycles. The van der Waals surface area contributed by atoms with Crippen molar-refractivity contribution < 1.29 is 9.59 Å². The Morgan fingerprint density at radius 1 is 1.00 bits per heavy atom. The standard InChI is InChI=1S/C20H20N2O2/c23-19-11-4-12-22(19)16-8-3-7-15(13-16)21-20(24)18-10-2-6-14-5-1-9-17(14)18/h2-3,6-8,10,13H,1,4-5,9,11-12H2,(H,21,24). The molecule has 1 aliphatic carbocycles. The summed E-state index contributed by atoms with van der Waals surface area (Å²) in [5, 5.41) is 2.99. The van der Waals surface area contributed by atoms with Crippen molar-refractivity contribution in [1.82, 2.24) is 0 Å². The lowest BCUT2D eigenvalue weighted by molar-refractivity contribution is -0.117. The minimum atomic E-state index is -0.0707. The predicted octanol–water partition coefficient (Wildman–Crippen LogP) is 3.55. The van der Waals surface area contributed by atoms with Crippen LogP contribution in [0.2, 0.25) is 0 Å². The number of amides is 2. The highest BCUT2D eigenvalue weighted by Gasteiger charge is 2.22. The molecule has 1 aliphatic heterocycles. The number of benzene rings is 2. The molecule has 4 nitrogen and oxygen atoms in total. The Morgan fingerprint density at radius 3 is 2.71 bits per heavy atom. The van der Waals surface area contributed by atoms with E-state index in [2.05, 4.69) is 11.4 Å². The lowest BCUT2D eigenvalue weighted by Crippen LogP contribution is -2.23. The molecule has 0 aromatic heterocycles. The maximum absolute atomic E-state index is 12.7. The summed E-state index contributed by atoms with van der Waals surface area (Å²) in [6, 6.07) is 13.5. The van der Waals surface area contributed by atoms with Gasteiger partial charge in [0.1, 0.15) is 0 Å². The van der Waals surface area contributed by atoms with E-state index in [1.165, 1.54) is 11.1 Å². The van der Waals surface area contributed by atoms with E-state index in [1.807, 2.05) is 36.4 Å². The van der Waals surface area contributed by atoms with E-state index in [0.717, 1.165) is 49.2 Å². The van der Waals surface area contributed by atoms with Gasteiger partial charge in [-0.1, -0.05) is 18.2 Å². The average molecular weight is 320 g/mol. The summed E-state index contributed by atoms with van der Waals surface area (Å²) in [5.41, 5.74) is 4.83. The topological polar surface area (TPSA) is 49.4 Å². The zero-order valence-corrected chi connectivity index (χ0v) is 13.5. The summed E-state index contributed by atoms with van der Waals surface area (Å²) in [6.45, 7) is 0.752. The number of nitrogens with one attached hydrogen (secondary N) is 1. The van der Waals surface area contributed by atoms with E-state index in [9.17, 15) is 9.59 Å². The van der Waals surface area contributed by atoms with E-state index in [4.69, 9.17) is 0 Å². The molecular weight excluding hydrogens is 300 g/mol. The Balaban J connectivity index is 1.56. The Kier molecular flexibility index (Phi) is 3.81. The van der Waals surface area contributed by atoms with Gasteiger partial charge < -0.3 is 10.2 Å². The summed E-state index contributed by atoms with van der Waals surface area (Å²) >= 11 is 0. The molecule has 0 radical (unpaired) electrons. The number of hydrogen-bond donors (Lipinski definition) is 1. The third kappa shape index (κ3) is 2.68. The van der Waals surface area contributed by atoms with Crippen LogP contribution in [0.3, 0.4) is 0 Å². The van der Waals surface area contributed by atoms with Crippen LogP contribution < -0.4 is 10.2 Å². The first-order valence-electron chi connectivity index (χ1n) is 8.55. The van der Waals surface area contributed by atoms with Crippen molar-refractivity contribution in [2.24, 2.45) is 0 Å². The molecule has 122 valence electrons. The SMILES string of the molecule is O=C(Nc1cccc(N2CCCC2=O)c1)c1cccc2c1CCC2. The molecule has 1 fully saturated rings. The summed E-state index contributed by atoms with van der Waals surface area (Å²) in [4.78, 5) is 26.4. The Bertz CT molecular complexity index is 813. The van der Waals surface area contributed by atoms with E-state index in [0.29, 0.717) is 6.42 Å². The van der Waals surface area contributed by atoms with Gasteiger partial charge in [-0.15, -0.1) is 0 Å². The fourth-order valence-corrected chi connectivity index (χ4v) is 3.70. The second kappa shape index (κ2) is 6.11. The first kappa shape index (κ1) is 14.9. The van der Waals surface area contributed by atoms with Gasteiger partial charge in [0.2, 0.25) is 5.91 Å². The van der Waals surface area contributed by atoms with Gasteiger partial charge in [-0.05, 0) is 61.1 Å². The van der Waals surface area contributed by atoms with Crippen molar-refractivity contribution in [2.45, 2.75) is 32.1 Å². The van der Waals surface area contributed by atoms with Crippen LogP contribution in [-0.2, 0) is 17.6 Å². The van der Waals surface area contributed by atoms with E-state index in [1.54, 1.807) is 4.90 Å². The van der Waals surface area contributed by atoms with Crippen molar-refractivity contribution >= 4 is 23.2 Å². The van der Waals surface area contributed by atoms with Crippen LogP contribution in [0.25, 0.3) is 0 Å². The predicted molar refractivity (Wildman–Crippen MR) is 94.4 cm³/mol. The van der Waals surface area contributed by atoms with Gasteiger partial charge in [-0.2, -0.15) is 0 Å². The molecule has 4 heteroatoms. The second-order valence-corrected chi connectivity index (χ2v) is 6.45. The fourth-order valence-electron chi connectivity index (χ4n) is 3.70. The summed E-state index contributed by atoms with van der Waals surface area (Å²) < 4.78 is 0. The zero-order valence-electron chi connectivity index (χ0n) is 13.5. The number of rotatable bonds is 3. The Morgan fingerprint density at radius 2 is 1.88 bits per heavy atom. The quantitative estimate of drug-likeness (QED) is 0.940. The molecular formula is C20H20N2O2. The minimum absolute atomic E-state index is 0.0707. The first-order chi connectivity index (χ1) is 11.7. The van der Waals surface area contributed by atoms with E-state index >= 15 is 0 Å². The molecule has 0 spiro atoms. The molecule has 0 bridgehead atoms. The Labute approximate surface area is 141 Å². The maximum atomic E-state index is 12.7. The van der Waals surface area contributed by atoms with Gasteiger partial charge in [-0.3, -0.25) is 9.59 Å². The summed E-state index contributed by atoms with van der Waals surface area (Å²) in [6.07, 6.45) is 4.65. The molecule has 2 amide bonds. The van der Waals surface area contributed by atoms with Crippen molar-refractivity contribution in [3.8, 4) is 0 Å². The van der Waals surface area contributed by atoms with Crippen LogP contribution >= 0.6 is 0 Å². The van der Waals surface area contributed by atoms with Gasteiger partial charge in [0.05, 0.1) is 0 Å². The second-order valence-electron chi connectivity index (χ2n) is 6.45. The molecule has 0 unspecified atom stereocenters. The molecule has 2 aromatic rings. The van der Waals surface area contributed by atoms with Crippen molar-refractivity contribution in [2.75, 3.05) is 16.8 Å². The van der Waals surface area contributed by atoms with Crippen LogP contribution in [0.15, 0.2) is 42.5 Å². The number of fused-ring (bicyclic) bond motifs is 1. The van der Waals surface area contributed by atoms with Crippen LogP contribution in [0.1, 0.15) is 40.7 Å². The monoisotopic (exact) mass is 320 g/mol. The van der Waals surface area contributed by atoms with Gasteiger partial charge in [0.25, 0.3) is 5.91 Å². The normalized spacial score (nSPS) is 16.3. The number of hydrogen-bond acceptors (Lipinski definition) is 2. The molecule has 1 saturated heterocycles. The van der Waals surface area contributed by atoms with Crippen LogP contribution in [-0.4, -0.2) is 18.4 Å². The van der Waals surface area contributed by atoms with E-state index in [-0.39, 0.29) is 11.8 Å². The molecule has 0 atom stereocenters. The smallest absolute Gasteiger partial charge is 0.255 e. The minimum Gasteiger partial charge on any atom is -0.322 e. The molecule has 2 aliphatic rings. The third-order valence-electron chi connectivity index (χ3n) is 4.88. The summed E-state index contributed by atoms with van der Waals surface area (Å²) in [5.74, 6) is 0.0815. The van der Waals surface area contributed by atoms with Gasteiger partial charge >= 0.3 is 0 Å². The highest BCUT2D eigenvalue weighted by atomic mass is 16.2. The number of anilines is 2. The number of nitrogens with zero attached hydrogens (tertiary/aromatic N) is 1. The van der Waals surface area contributed by atoms with Crippen molar-refractivity contribution in [3.63, 3.8) is 0 Å². The largest absolute Gasteiger partial charge is 0.322 e. The van der Waals surface area contributed by atoms with E-state index < -0.39 is 0 Å². The van der Waals surface area contributed by atoms with Crippen molar-refractivity contribution in [3.05, 3.63) is 59.2 Å². The lowest BCUT2D eigenvalue weighted by Gasteiger charge is -2.17. The zero-order chi connectivity index (χ0) is 16.5. The lowest BCUT2D eigenvalue weighted by atomic mass is 10.0. The molecule has 24 heavy (non-hydrogen) atoms.